The lowest BCUT2D eigenvalue weighted by atomic mass is 10.1. The van der Waals surface area contributed by atoms with Gasteiger partial charge in [-0.1, -0.05) is 26.3 Å². The highest BCUT2D eigenvalue weighted by Gasteiger charge is 1.95. The molecular weight excluding hydrogens is 228 g/mol. The largest absolute Gasteiger partial charge is 1.00 e. The number of aliphatic hydroxyl groups excluding tert-OH is 1. The third-order valence-corrected chi connectivity index (χ3v) is 2.24. The van der Waals surface area contributed by atoms with Crippen LogP contribution in [0.3, 0.4) is 0 Å². The van der Waals surface area contributed by atoms with Gasteiger partial charge in [0, 0.05) is 7.34 Å². The second kappa shape index (κ2) is 12.2. The summed E-state index contributed by atoms with van der Waals surface area (Å²) >= 11 is 0. The number of carbonyl (C=O) groups excluding carboxylic acids is 1. The molecule has 0 aromatic carbocycles. The summed E-state index contributed by atoms with van der Waals surface area (Å²) < 4.78 is 0. The maximum absolute atomic E-state index is 10.1. The van der Waals surface area contributed by atoms with E-state index < -0.39 is 0 Å². The molecule has 0 aliphatic rings. The smallest absolute Gasteiger partial charge is 0.876 e. The second-order valence-corrected chi connectivity index (χ2v) is 4.91. The van der Waals surface area contributed by atoms with E-state index in [0.717, 1.165) is 11.1 Å². The molecule has 0 bridgehead atoms. The van der Waals surface area contributed by atoms with Gasteiger partial charge >= 0.3 is 1.43 Å². The molecule has 110 valence electrons. The third kappa shape index (κ3) is 24.1. The Labute approximate surface area is 115 Å². The van der Waals surface area contributed by atoms with E-state index in [4.69, 9.17) is 5.11 Å². The van der Waals surface area contributed by atoms with E-state index in [2.05, 4.69) is 0 Å². The van der Waals surface area contributed by atoms with Crippen molar-refractivity contribution in [2.75, 3.05) is 0 Å². The Balaban J connectivity index is -0.0000000536. The summed E-state index contributed by atoms with van der Waals surface area (Å²) in [6.07, 6.45) is 0. The zero-order valence-corrected chi connectivity index (χ0v) is 13.3. The number of carbonyl (C=O) groups is 1. The Kier molecular flexibility index (Phi) is 14.9. The van der Waals surface area contributed by atoms with Crippen molar-refractivity contribution in [3.63, 3.8) is 0 Å². The van der Waals surface area contributed by atoms with Crippen molar-refractivity contribution < 1.29 is 17.9 Å². The lowest BCUT2D eigenvalue weighted by Crippen LogP contribution is -1.98. The van der Waals surface area contributed by atoms with E-state index in [1.165, 1.54) is 0 Å². The minimum absolute atomic E-state index is 0. The first kappa shape index (κ1) is 22.0. The third-order valence-electron chi connectivity index (χ3n) is 2.24. The number of hydrogen-bond donors (Lipinski definition) is 1. The number of Topliss-reactive ketones (excluding diaryl/α,β-unsaturated/α-hetero) is 1. The van der Waals surface area contributed by atoms with Crippen LogP contribution >= 0.6 is 0 Å². The van der Waals surface area contributed by atoms with Crippen molar-refractivity contribution in [2.24, 2.45) is 5.92 Å². The number of rotatable bonds is 1. The summed E-state index contributed by atoms with van der Waals surface area (Å²) in [5, 5.41) is 18.6. The summed E-state index contributed by atoms with van der Waals surface area (Å²) in [4.78, 5) is 10.1. The molecule has 1 N–H and O–H groups in total. The molecule has 0 amide bonds. The molecule has 0 spiro atoms. The Hall–Kier alpha value is -1.25. The SMILES string of the molecule is CC(=O)C(C)C.CC(C)=C(C)O.CC(C)=C(C)[O-].[H+].[HH]. The molecule has 0 aromatic heterocycles. The van der Waals surface area contributed by atoms with Crippen LogP contribution < -0.4 is 5.11 Å². The first-order valence-electron chi connectivity index (χ1n) is 6.08. The quantitative estimate of drug-likeness (QED) is 0.722. The normalized spacial score (nSPS) is 8.33. The van der Waals surface area contributed by atoms with Gasteiger partial charge in [-0.2, -0.15) is 0 Å². The monoisotopic (exact) mass is 260 g/mol. The van der Waals surface area contributed by atoms with Crippen LogP contribution in [0.1, 0.15) is 65.2 Å². The fourth-order valence-corrected chi connectivity index (χ4v) is 0. The van der Waals surface area contributed by atoms with Crippen LogP contribution in [0, 0.1) is 5.92 Å². The molecule has 18 heavy (non-hydrogen) atoms. The number of allylic oxidation sites excluding steroid dienone is 4. The minimum atomic E-state index is 0. The van der Waals surface area contributed by atoms with Crippen LogP contribution in [0.4, 0.5) is 0 Å². The topological polar surface area (TPSA) is 60.4 Å². The van der Waals surface area contributed by atoms with Crippen LogP contribution in [0.25, 0.3) is 0 Å². The highest BCUT2D eigenvalue weighted by molar-refractivity contribution is 5.77. The van der Waals surface area contributed by atoms with E-state index in [1.807, 2.05) is 41.5 Å². The molecule has 3 heteroatoms. The van der Waals surface area contributed by atoms with E-state index in [9.17, 15) is 9.90 Å². The standard InChI is InChI=1S/3C5H10O.H2/c3*1-4(2)5(3)6;/h2*6H,1-3H3;4H,1-3H3;1H. The zero-order valence-electron chi connectivity index (χ0n) is 14.3. The van der Waals surface area contributed by atoms with Crippen LogP contribution in [-0.2, 0) is 4.79 Å². The van der Waals surface area contributed by atoms with Gasteiger partial charge < -0.3 is 10.2 Å². The average molecular weight is 260 g/mol. The molecule has 0 radical (unpaired) electrons. The molecule has 0 unspecified atom stereocenters. The molecule has 0 saturated heterocycles. The fraction of sp³-hybridized carbons (Fsp3) is 0.667. The van der Waals surface area contributed by atoms with Crippen LogP contribution in [0.2, 0.25) is 0 Å². The van der Waals surface area contributed by atoms with Gasteiger partial charge in [0.25, 0.3) is 0 Å². The first-order valence-corrected chi connectivity index (χ1v) is 6.08. The molecule has 0 aromatic rings. The van der Waals surface area contributed by atoms with Crippen LogP contribution in [0.5, 0.6) is 0 Å². The average Bonchev–Trinajstić information content (AvgIpc) is 2.18. The molecular formula is C15H32O3. The summed E-state index contributed by atoms with van der Waals surface area (Å²) in [6, 6.07) is 0. The van der Waals surface area contributed by atoms with Crippen molar-refractivity contribution in [3.8, 4) is 0 Å². The van der Waals surface area contributed by atoms with Gasteiger partial charge in [0.1, 0.15) is 5.78 Å². The number of ketones is 1. The summed E-state index contributed by atoms with van der Waals surface area (Å²) in [5.74, 6) is 1.07. The second-order valence-electron chi connectivity index (χ2n) is 4.91. The minimum Gasteiger partial charge on any atom is -0.876 e. The van der Waals surface area contributed by atoms with E-state index in [0.29, 0.717) is 5.76 Å². The predicted molar refractivity (Wildman–Crippen MR) is 79.5 cm³/mol. The fourth-order valence-electron chi connectivity index (χ4n) is 0. The molecule has 0 aliphatic heterocycles. The predicted octanol–water partition coefficient (Wildman–Crippen LogP) is 4.11. The van der Waals surface area contributed by atoms with Gasteiger partial charge in [-0.25, -0.2) is 0 Å². The highest BCUT2D eigenvalue weighted by Crippen LogP contribution is 1.93. The molecule has 0 aliphatic carbocycles. The van der Waals surface area contributed by atoms with E-state index in [1.54, 1.807) is 20.8 Å². The van der Waals surface area contributed by atoms with Crippen molar-refractivity contribution in [1.82, 2.24) is 0 Å². The van der Waals surface area contributed by atoms with Crippen LogP contribution in [-0.4, -0.2) is 10.9 Å². The van der Waals surface area contributed by atoms with Crippen molar-refractivity contribution >= 4 is 5.78 Å². The lowest BCUT2D eigenvalue weighted by molar-refractivity contribution is -0.303. The van der Waals surface area contributed by atoms with Gasteiger partial charge in [-0.15, -0.1) is 5.76 Å². The maximum atomic E-state index is 10.1. The Morgan fingerprint density at radius 1 is 1.00 bits per heavy atom. The Morgan fingerprint density at radius 2 is 1.17 bits per heavy atom. The van der Waals surface area contributed by atoms with Crippen molar-refractivity contribution in [1.29, 1.82) is 0 Å². The molecule has 0 saturated carbocycles. The molecule has 0 atom stereocenters. The lowest BCUT2D eigenvalue weighted by Gasteiger charge is -2.03. The molecule has 0 rings (SSSR count). The van der Waals surface area contributed by atoms with Crippen LogP contribution in [0.15, 0.2) is 22.7 Å². The Morgan fingerprint density at radius 3 is 1.17 bits per heavy atom. The summed E-state index contributed by atoms with van der Waals surface area (Å²) in [5.41, 5.74) is 1.85. The number of hydrogen-bond acceptors (Lipinski definition) is 3. The first-order chi connectivity index (χ1) is 7.93. The van der Waals surface area contributed by atoms with Gasteiger partial charge in [-0.05, 0) is 47.1 Å². The maximum Gasteiger partial charge on any atom is 1.00 e. The van der Waals surface area contributed by atoms with Crippen molar-refractivity contribution in [3.05, 3.63) is 22.7 Å². The van der Waals surface area contributed by atoms with E-state index >= 15 is 0 Å². The van der Waals surface area contributed by atoms with Gasteiger partial charge in [-0.3, -0.25) is 4.79 Å². The zero-order chi connectivity index (χ0) is 15.5. The summed E-state index contributed by atoms with van der Waals surface area (Å²) in [7, 11) is 0. The molecule has 0 fully saturated rings. The van der Waals surface area contributed by atoms with E-state index in [-0.39, 0.29) is 20.3 Å². The van der Waals surface area contributed by atoms with Gasteiger partial charge in [0.2, 0.25) is 0 Å². The van der Waals surface area contributed by atoms with Crippen molar-refractivity contribution in [2.45, 2.75) is 62.3 Å². The number of aliphatic hydroxyl groups is 1. The Bertz CT molecular complexity index is 248. The van der Waals surface area contributed by atoms with Gasteiger partial charge in [0.05, 0.1) is 5.76 Å². The molecule has 0 heterocycles. The summed E-state index contributed by atoms with van der Waals surface area (Å²) in [6.45, 7) is 16.0. The highest BCUT2D eigenvalue weighted by atomic mass is 16.3. The van der Waals surface area contributed by atoms with Gasteiger partial charge in [0.15, 0.2) is 0 Å². The molecule has 3 nitrogen and oxygen atoms in total.